The van der Waals surface area contributed by atoms with Crippen LogP contribution in [0.1, 0.15) is 22.3 Å². The fraction of sp³-hybridized carbons (Fsp3) is 0.176. The molecule has 0 saturated carbocycles. The Morgan fingerprint density at radius 1 is 0.889 bits per heavy atom. The highest BCUT2D eigenvalue weighted by Crippen LogP contribution is 2.30. The second-order valence-electron chi connectivity index (χ2n) is 4.90. The third-order valence-corrected chi connectivity index (χ3v) is 3.56. The number of rotatable bonds is 0. The molecule has 0 amide bonds. The van der Waals surface area contributed by atoms with Gasteiger partial charge in [0, 0.05) is 19.3 Å². The molecular formula is C17H17N. The molecule has 0 N–H and O–H groups in total. The van der Waals surface area contributed by atoms with Gasteiger partial charge in [-0.05, 0) is 29.2 Å². The molecule has 18 heavy (non-hydrogen) atoms. The molecule has 2 aromatic carbocycles. The summed E-state index contributed by atoms with van der Waals surface area (Å²) in [5.74, 6) is 0. The van der Waals surface area contributed by atoms with Crippen molar-refractivity contribution < 1.29 is 0 Å². The highest BCUT2D eigenvalue weighted by molar-refractivity contribution is 5.80. The van der Waals surface area contributed by atoms with Gasteiger partial charge in [-0.1, -0.05) is 54.6 Å². The Labute approximate surface area is 108 Å². The summed E-state index contributed by atoms with van der Waals surface area (Å²) in [5, 5.41) is 0. The minimum absolute atomic E-state index is 0.957. The molecule has 0 saturated heterocycles. The molecule has 0 aromatic heterocycles. The maximum absolute atomic E-state index is 2.34. The number of hydrogen-bond acceptors (Lipinski definition) is 1. The fourth-order valence-electron chi connectivity index (χ4n) is 2.69. The largest absolute Gasteiger partial charge is 0.370 e. The first-order valence-electron chi connectivity index (χ1n) is 6.32. The summed E-state index contributed by atoms with van der Waals surface area (Å²) in [7, 11) is 2.17. The quantitative estimate of drug-likeness (QED) is 0.664. The van der Waals surface area contributed by atoms with Crippen LogP contribution in [0.15, 0.2) is 42.5 Å². The molecule has 90 valence electrons. The number of fused-ring (bicyclic) bond motifs is 2. The molecule has 0 fully saturated rings. The van der Waals surface area contributed by atoms with Crippen molar-refractivity contribution in [1.29, 1.82) is 0 Å². The van der Waals surface area contributed by atoms with E-state index in [0.29, 0.717) is 0 Å². The van der Waals surface area contributed by atoms with Crippen LogP contribution in [0.4, 0.5) is 5.69 Å². The van der Waals surface area contributed by atoms with Gasteiger partial charge < -0.3 is 4.90 Å². The Balaban J connectivity index is 2.19. The van der Waals surface area contributed by atoms with Gasteiger partial charge in [0.05, 0.1) is 0 Å². The zero-order valence-corrected chi connectivity index (χ0v) is 10.9. The lowest BCUT2D eigenvalue weighted by Gasteiger charge is -2.26. The van der Waals surface area contributed by atoms with E-state index in [1.54, 1.807) is 0 Å². The first-order valence-corrected chi connectivity index (χ1v) is 6.32. The lowest BCUT2D eigenvalue weighted by molar-refractivity contribution is 0.912. The number of aryl methyl sites for hydroxylation is 1. The van der Waals surface area contributed by atoms with Gasteiger partial charge >= 0.3 is 0 Å². The fourth-order valence-corrected chi connectivity index (χ4v) is 2.69. The van der Waals surface area contributed by atoms with Crippen LogP contribution in [0.3, 0.4) is 0 Å². The van der Waals surface area contributed by atoms with Gasteiger partial charge in [0.25, 0.3) is 0 Å². The Kier molecular flexibility index (Phi) is 2.67. The van der Waals surface area contributed by atoms with Crippen molar-refractivity contribution in [3.8, 4) is 0 Å². The summed E-state index contributed by atoms with van der Waals surface area (Å²) in [6.07, 6.45) is 4.44. The zero-order chi connectivity index (χ0) is 12.5. The lowest BCUT2D eigenvalue weighted by Crippen LogP contribution is -2.19. The Bertz CT molecular complexity index is 611. The third-order valence-electron chi connectivity index (χ3n) is 3.56. The maximum Gasteiger partial charge on any atom is 0.0469 e. The van der Waals surface area contributed by atoms with Gasteiger partial charge in [-0.2, -0.15) is 0 Å². The van der Waals surface area contributed by atoms with E-state index < -0.39 is 0 Å². The van der Waals surface area contributed by atoms with E-state index in [1.165, 1.54) is 27.9 Å². The van der Waals surface area contributed by atoms with Crippen LogP contribution in [0.5, 0.6) is 0 Å². The highest BCUT2D eigenvalue weighted by Gasteiger charge is 2.12. The van der Waals surface area contributed by atoms with Crippen LogP contribution in [-0.2, 0) is 6.54 Å². The van der Waals surface area contributed by atoms with Gasteiger partial charge in [-0.25, -0.2) is 0 Å². The van der Waals surface area contributed by atoms with E-state index in [1.807, 2.05) is 0 Å². The van der Waals surface area contributed by atoms with Crippen molar-refractivity contribution in [3.05, 3.63) is 64.7 Å². The van der Waals surface area contributed by atoms with Crippen molar-refractivity contribution in [1.82, 2.24) is 0 Å². The predicted octanol–water partition coefficient (Wildman–Crippen LogP) is 4.12. The molecule has 0 unspecified atom stereocenters. The molecule has 3 rings (SSSR count). The highest BCUT2D eigenvalue weighted by atomic mass is 15.1. The van der Waals surface area contributed by atoms with Gasteiger partial charge in [0.2, 0.25) is 0 Å². The minimum Gasteiger partial charge on any atom is -0.370 e. The Hall–Kier alpha value is -2.02. The van der Waals surface area contributed by atoms with Crippen LogP contribution in [-0.4, -0.2) is 7.05 Å². The summed E-state index contributed by atoms with van der Waals surface area (Å²) in [5.41, 5.74) is 6.66. The molecule has 0 aliphatic carbocycles. The molecule has 1 heterocycles. The Morgan fingerprint density at radius 2 is 1.61 bits per heavy atom. The molecule has 1 nitrogen and oxygen atoms in total. The topological polar surface area (TPSA) is 3.24 Å². The molecule has 1 heteroatoms. The van der Waals surface area contributed by atoms with Crippen LogP contribution in [0.2, 0.25) is 0 Å². The smallest absolute Gasteiger partial charge is 0.0469 e. The molecule has 0 atom stereocenters. The summed E-state index contributed by atoms with van der Waals surface area (Å²) >= 11 is 0. The molecular weight excluding hydrogens is 218 g/mol. The molecule has 0 spiro atoms. The van der Waals surface area contributed by atoms with Gasteiger partial charge in [-0.3, -0.25) is 0 Å². The van der Waals surface area contributed by atoms with Crippen molar-refractivity contribution in [2.45, 2.75) is 13.5 Å². The summed E-state index contributed by atoms with van der Waals surface area (Å²) in [4.78, 5) is 2.34. The maximum atomic E-state index is 2.34. The van der Waals surface area contributed by atoms with Crippen molar-refractivity contribution in [3.63, 3.8) is 0 Å². The number of anilines is 1. The van der Waals surface area contributed by atoms with Crippen LogP contribution < -0.4 is 4.90 Å². The number of hydrogen-bond donors (Lipinski definition) is 0. The van der Waals surface area contributed by atoms with E-state index in [9.17, 15) is 0 Å². The van der Waals surface area contributed by atoms with E-state index in [2.05, 4.69) is 73.5 Å². The summed E-state index contributed by atoms with van der Waals surface area (Å²) in [6, 6.07) is 15.1. The standard InChI is InChI=1S/C17H17N/c1-13-6-5-9-15-11-10-14-7-3-4-8-16(14)12-18(2)17(13)15/h3-11H,12H2,1-2H3. The average Bonchev–Trinajstić information content (AvgIpc) is 2.35. The zero-order valence-electron chi connectivity index (χ0n) is 10.9. The summed E-state index contributed by atoms with van der Waals surface area (Å²) < 4.78 is 0. The van der Waals surface area contributed by atoms with Crippen LogP contribution >= 0.6 is 0 Å². The molecule has 0 bridgehead atoms. The van der Waals surface area contributed by atoms with Gasteiger partial charge in [-0.15, -0.1) is 0 Å². The molecule has 2 aromatic rings. The molecule has 0 radical (unpaired) electrons. The minimum atomic E-state index is 0.957. The number of nitrogens with zero attached hydrogens (tertiary/aromatic N) is 1. The van der Waals surface area contributed by atoms with Crippen LogP contribution in [0, 0.1) is 6.92 Å². The second-order valence-corrected chi connectivity index (χ2v) is 4.90. The first kappa shape index (κ1) is 11.1. The number of benzene rings is 2. The van der Waals surface area contributed by atoms with E-state index >= 15 is 0 Å². The van der Waals surface area contributed by atoms with Crippen LogP contribution in [0.25, 0.3) is 12.2 Å². The average molecular weight is 235 g/mol. The van der Waals surface area contributed by atoms with Gasteiger partial charge in [0.1, 0.15) is 0 Å². The Morgan fingerprint density at radius 3 is 2.50 bits per heavy atom. The van der Waals surface area contributed by atoms with E-state index in [0.717, 1.165) is 6.54 Å². The molecule has 1 aliphatic heterocycles. The first-order chi connectivity index (χ1) is 8.75. The summed E-state index contributed by atoms with van der Waals surface area (Å²) in [6.45, 7) is 3.13. The predicted molar refractivity (Wildman–Crippen MR) is 78.7 cm³/mol. The van der Waals surface area contributed by atoms with Gasteiger partial charge in [0.15, 0.2) is 0 Å². The van der Waals surface area contributed by atoms with Crippen molar-refractivity contribution in [2.75, 3.05) is 11.9 Å². The third kappa shape index (κ3) is 1.82. The van der Waals surface area contributed by atoms with Crippen molar-refractivity contribution >= 4 is 17.8 Å². The SMILES string of the molecule is Cc1cccc2c1N(C)Cc1ccccc1C=C2. The molecule has 1 aliphatic rings. The van der Waals surface area contributed by atoms with E-state index in [-0.39, 0.29) is 0 Å². The van der Waals surface area contributed by atoms with E-state index in [4.69, 9.17) is 0 Å². The number of para-hydroxylation sites is 1. The lowest BCUT2D eigenvalue weighted by atomic mass is 9.99. The second kappa shape index (κ2) is 4.34. The monoisotopic (exact) mass is 235 g/mol. The normalized spacial score (nSPS) is 13.6. The van der Waals surface area contributed by atoms with Crippen molar-refractivity contribution in [2.24, 2.45) is 0 Å².